The average molecular weight is 732 g/mol. The van der Waals surface area contributed by atoms with Crippen molar-refractivity contribution in [2.75, 3.05) is 55.5 Å². The van der Waals surface area contributed by atoms with E-state index in [1.165, 1.54) is 0 Å². The zero-order valence-corrected chi connectivity index (χ0v) is 28.9. The summed E-state index contributed by atoms with van der Waals surface area (Å²) in [6, 6.07) is 27.4. The van der Waals surface area contributed by atoms with Crippen LogP contribution in [0.1, 0.15) is 26.3 Å². The first kappa shape index (κ1) is 36.8. The number of hydrogen-bond acceptors (Lipinski definition) is 11. The molecule has 0 aliphatic heterocycles. The molecule has 0 aliphatic rings. The van der Waals surface area contributed by atoms with Crippen LogP contribution in [0.2, 0.25) is 10.0 Å². The molecule has 15 heteroatoms. The van der Waals surface area contributed by atoms with Crippen molar-refractivity contribution in [2.45, 2.75) is 6.54 Å². The molecule has 5 aromatic rings. The standard InChI is InChI=1S/C36H36Cl2N8O5/c37-27-20-24(21-28(38)22-27)23-41-33(49)26-6-8-29(9-7-26)42-35-44-34(45-36(46-35)43-30-10-12-31(47)13-11-30)40-15-17-51-19-18-50-16-14-39-32(48)25-4-2-1-3-5-25/h1-13,20-22,47H,14-19,23H2,(H,39,48)(H,41,49)(H3,40,42,43,44,45,46). The molecule has 0 aliphatic carbocycles. The predicted molar refractivity (Wildman–Crippen MR) is 197 cm³/mol. The average Bonchev–Trinajstić information content (AvgIpc) is 3.12. The first-order chi connectivity index (χ1) is 24.8. The molecule has 0 saturated heterocycles. The van der Waals surface area contributed by atoms with E-state index in [0.717, 1.165) is 5.56 Å². The van der Waals surface area contributed by atoms with Crippen molar-refractivity contribution in [3.8, 4) is 5.75 Å². The van der Waals surface area contributed by atoms with Gasteiger partial charge < -0.3 is 41.2 Å². The molecule has 0 saturated carbocycles. The number of nitrogens with one attached hydrogen (secondary N) is 5. The fourth-order valence-corrected chi connectivity index (χ4v) is 5.13. The number of aromatic nitrogens is 3. The lowest BCUT2D eigenvalue weighted by atomic mass is 10.1. The van der Waals surface area contributed by atoms with Gasteiger partial charge in [-0.15, -0.1) is 0 Å². The van der Waals surface area contributed by atoms with Gasteiger partial charge in [0.05, 0.1) is 26.4 Å². The number of benzene rings is 4. The molecule has 6 N–H and O–H groups in total. The molecule has 0 bridgehead atoms. The van der Waals surface area contributed by atoms with Gasteiger partial charge in [0, 0.05) is 52.2 Å². The third-order valence-electron chi connectivity index (χ3n) is 7.01. The van der Waals surface area contributed by atoms with Gasteiger partial charge in [0.15, 0.2) is 0 Å². The van der Waals surface area contributed by atoms with Crippen molar-refractivity contribution >= 4 is 64.2 Å². The highest BCUT2D eigenvalue weighted by Crippen LogP contribution is 2.22. The molecular formula is C36H36Cl2N8O5. The zero-order chi connectivity index (χ0) is 35.8. The Labute approximate surface area is 304 Å². The third kappa shape index (κ3) is 12.4. The molecule has 0 unspecified atom stereocenters. The van der Waals surface area contributed by atoms with E-state index < -0.39 is 0 Å². The summed E-state index contributed by atoms with van der Waals surface area (Å²) < 4.78 is 11.2. The second kappa shape index (κ2) is 19.1. The number of halogens is 2. The molecule has 0 radical (unpaired) electrons. The molecule has 5 rings (SSSR count). The first-order valence-corrected chi connectivity index (χ1v) is 16.7. The SMILES string of the molecule is O=C(NCCOCCOCCNc1nc(Nc2ccc(O)cc2)nc(Nc2ccc(C(=O)NCc3cc(Cl)cc(Cl)c3)cc2)n1)c1ccccc1. The summed E-state index contributed by atoms with van der Waals surface area (Å²) in [5.41, 5.74) is 3.15. The molecule has 4 aromatic carbocycles. The maximum atomic E-state index is 12.7. The maximum absolute atomic E-state index is 12.7. The van der Waals surface area contributed by atoms with E-state index in [1.807, 2.05) is 18.2 Å². The van der Waals surface area contributed by atoms with Crippen molar-refractivity contribution in [1.82, 2.24) is 25.6 Å². The Kier molecular flexibility index (Phi) is 13.8. The Morgan fingerprint density at radius 2 is 1.14 bits per heavy atom. The third-order valence-corrected chi connectivity index (χ3v) is 7.44. The van der Waals surface area contributed by atoms with Crippen LogP contribution in [-0.4, -0.2) is 71.4 Å². The number of carbonyl (C=O) groups excluding carboxylic acids is 2. The largest absolute Gasteiger partial charge is 0.508 e. The van der Waals surface area contributed by atoms with Crippen LogP contribution in [0.15, 0.2) is 97.1 Å². The van der Waals surface area contributed by atoms with Crippen LogP contribution in [0, 0.1) is 0 Å². The number of amides is 2. The van der Waals surface area contributed by atoms with E-state index in [-0.39, 0.29) is 36.0 Å². The molecule has 264 valence electrons. The lowest BCUT2D eigenvalue weighted by Gasteiger charge is -2.12. The van der Waals surface area contributed by atoms with Gasteiger partial charge >= 0.3 is 0 Å². The van der Waals surface area contributed by atoms with Crippen molar-refractivity contribution in [3.05, 3.63) is 124 Å². The summed E-state index contributed by atoms with van der Waals surface area (Å²) in [6.07, 6.45) is 0. The fourth-order valence-electron chi connectivity index (χ4n) is 4.56. The summed E-state index contributed by atoms with van der Waals surface area (Å²) in [6.45, 7) is 2.54. The van der Waals surface area contributed by atoms with Crippen LogP contribution in [-0.2, 0) is 16.0 Å². The molecule has 0 fully saturated rings. The monoisotopic (exact) mass is 730 g/mol. The second-order valence-electron chi connectivity index (χ2n) is 10.9. The normalized spacial score (nSPS) is 10.7. The predicted octanol–water partition coefficient (Wildman–Crippen LogP) is 6.18. The minimum Gasteiger partial charge on any atom is -0.508 e. The van der Waals surface area contributed by atoms with E-state index >= 15 is 0 Å². The van der Waals surface area contributed by atoms with Crippen molar-refractivity contribution < 1.29 is 24.2 Å². The van der Waals surface area contributed by atoms with Crippen LogP contribution in [0.25, 0.3) is 0 Å². The number of aromatic hydroxyl groups is 1. The molecule has 0 spiro atoms. The van der Waals surface area contributed by atoms with E-state index in [4.69, 9.17) is 32.7 Å². The number of anilines is 5. The van der Waals surface area contributed by atoms with Gasteiger partial charge in [-0.1, -0.05) is 41.4 Å². The van der Waals surface area contributed by atoms with Gasteiger partial charge in [0.2, 0.25) is 17.8 Å². The molecule has 1 heterocycles. The lowest BCUT2D eigenvalue weighted by molar-refractivity contribution is 0.0519. The van der Waals surface area contributed by atoms with E-state index in [1.54, 1.807) is 78.9 Å². The number of carbonyl (C=O) groups is 2. The molecule has 1 aromatic heterocycles. The fraction of sp³-hybridized carbons (Fsp3) is 0.194. The van der Waals surface area contributed by atoms with Crippen LogP contribution < -0.4 is 26.6 Å². The van der Waals surface area contributed by atoms with Gasteiger partial charge in [0.25, 0.3) is 11.8 Å². The minimum absolute atomic E-state index is 0.132. The Morgan fingerprint density at radius 1 is 0.608 bits per heavy atom. The smallest absolute Gasteiger partial charge is 0.251 e. The van der Waals surface area contributed by atoms with Crippen molar-refractivity contribution in [1.29, 1.82) is 0 Å². The summed E-state index contributed by atoms with van der Waals surface area (Å²) in [5.74, 6) is 0.525. The van der Waals surface area contributed by atoms with Gasteiger partial charge in [-0.3, -0.25) is 9.59 Å². The van der Waals surface area contributed by atoms with Gasteiger partial charge in [-0.05, 0) is 84.4 Å². The molecular weight excluding hydrogens is 695 g/mol. The van der Waals surface area contributed by atoms with Crippen molar-refractivity contribution in [2.24, 2.45) is 0 Å². The van der Waals surface area contributed by atoms with Crippen LogP contribution >= 0.6 is 23.2 Å². The maximum Gasteiger partial charge on any atom is 0.251 e. The second-order valence-corrected chi connectivity index (χ2v) is 11.8. The summed E-state index contributed by atoms with van der Waals surface area (Å²) >= 11 is 12.1. The van der Waals surface area contributed by atoms with E-state index in [9.17, 15) is 14.7 Å². The van der Waals surface area contributed by atoms with Crippen LogP contribution in [0.5, 0.6) is 5.75 Å². The van der Waals surface area contributed by atoms with E-state index in [2.05, 4.69) is 41.5 Å². The highest BCUT2D eigenvalue weighted by molar-refractivity contribution is 6.34. The number of nitrogens with zero attached hydrogens (tertiary/aromatic N) is 3. The summed E-state index contributed by atoms with van der Waals surface area (Å²) in [4.78, 5) is 38.2. The van der Waals surface area contributed by atoms with Gasteiger partial charge in [-0.2, -0.15) is 15.0 Å². The molecule has 2 amide bonds. The summed E-state index contributed by atoms with van der Waals surface area (Å²) in [5, 5.41) is 25.7. The van der Waals surface area contributed by atoms with Gasteiger partial charge in [-0.25, -0.2) is 0 Å². The molecule has 13 nitrogen and oxygen atoms in total. The van der Waals surface area contributed by atoms with Gasteiger partial charge in [0.1, 0.15) is 5.75 Å². The highest BCUT2D eigenvalue weighted by Gasteiger charge is 2.10. The molecule has 51 heavy (non-hydrogen) atoms. The van der Waals surface area contributed by atoms with Crippen molar-refractivity contribution in [3.63, 3.8) is 0 Å². The Bertz CT molecular complexity index is 1860. The van der Waals surface area contributed by atoms with E-state index in [0.29, 0.717) is 78.0 Å². The van der Waals surface area contributed by atoms with Crippen LogP contribution in [0.3, 0.4) is 0 Å². The topological polar surface area (TPSA) is 172 Å². The Morgan fingerprint density at radius 3 is 1.76 bits per heavy atom. The molecule has 0 atom stereocenters. The quantitative estimate of drug-likeness (QED) is 0.0450. The first-order valence-electron chi connectivity index (χ1n) is 16.0. The Hall–Kier alpha value is -5.47. The number of hydrogen-bond donors (Lipinski definition) is 6. The number of phenols is 1. The minimum atomic E-state index is -0.259. The summed E-state index contributed by atoms with van der Waals surface area (Å²) in [7, 11) is 0. The number of rotatable bonds is 18. The zero-order valence-electron chi connectivity index (χ0n) is 27.4. The Balaban J connectivity index is 1.10. The number of ether oxygens (including phenoxy) is 2. The van der Waals surface area contributed by atoms with Crippen LogP contribution in [0.4, 0.5) is 29.2 Å². The highest BCUT2D eigenvalue weighted by atomic mass is 35.5. The number of phenolic OH excluding ortho intramolecular Hbond substituents is 1. The lowest BCUT2D eigenvalue weighted by Crippen LogP contribution is -2.27.